The topological polar surface area (TPSA) is 67.2 Å². The summed E-state index contributed by atoms with van der Waals surface area (Å²) >= 11 is 0. The van der Waals surface area contributed by atoms with Gasteiger partial charge in [-0.05, 0) is 48.7 Å². The molecule has 1 N–H and O–H groups in total. The van der Waals surface area contributed by atoms with E-state index in [9.17, 15) is 18.4 Å². The van der Waals surface area contributed by atoms with Gasteiger partial charge in [0.05, 0.1) is 23.8 Å². The van der Waals surface area contributed by atoms with Crippen molar-refractivity contribution in [3.8, 4) is 0 Å². The van der Waals surface area contributed by atoms with Gasteiger partial charge in [0.25, 0.3) is 5.91 Å². The van der Waals surface area contributed by atoms with E-state index in [2.05, 4.69) is 10.4 Å². The minimum absolute atomic E-state index is 0.0246. The minimum atomic E-state index is -0.568. The molecule has 8 heteroatoms. The SMILES string of the molecule is O=C(c1cc(Cn2ncc(=O)c3ccc(F)cc32)ccc1F)N1CC2CCC1CN2. The third-order valence-electron chi connectivity index (χ3n) is 6.02. The highest BCUT2D eigenvalue weighted by atomic mass is 19.1. The number of aromatic nitrogens is 2. The number of fused-ring (bicyclic) bond motifs is 4. The molecule has 3 aromatic rings. The molecule has 2 unspecified atom stereocenters. The van der Waals surface area contributed by atoms with E-state index in [1.807, 2.05) is 0 Å². The number of hydrogen-bond donors (Lipinski definition) is 1. The zero-order valence-corrected chi connectivity index (χ0v) is 16.1. The van der Waals surface area contributed by atoms with Crippen LogP contribution in [-0.2, 0) is 6.54 Å². The fourth-order valence-electron chi connectivity index (χ4n) is 4.43. The second-order valence-corrected chi connectivity index (χ2v) is 7.94. The van der Waals surface area contributed by atoms with Crippen molar-refractivity contribution in [2.45, 2.75) is 31.5 Å². The number of halogens is 2. The fraction of sp³-hybridized carbons (Fsp3) is 0.318. The number of carbonyl (C=O) groups excluding carboxylic acids is 1. The smallest absolute Gasteiger partial charge is 0.257 e. The van der Waals surface area contributed by atoms with Crippen LogP contribution in [0.4, 0.5) is 8.78 Å². The number of nitrogens with zero attached hydrogens (tertiary/aromatic N) is 3. The first-order valence-electron chi connectivity index (χ1n) is 9.98. The lowest BCUT2D eigenvalue weighted by atomic mass is 9.92. The van der Waals surface area contributed by atoms with Gasteiger partial charge in [0.1, 0.15) is 11.6 Å². The number of piperazine rings is 1. The maximum Gasteiger partial charge on any atom is 0.257 e. The van der Waals surface area contributed by atoms with E-state index < -0.39 is 11.6 Å². The summed E-state index contributed by atoms with van der Waals surface area (Å²) in [5.41, 5.74) is 0.711. The molecule has 4 heterocycles. The Bertz CT molecular complexity index is 1200. The summed E-state index contributed by atoms with van der Waals surface area (Å²) < 4.78 is 29.8. The van der Waals surface area contributed by atoms with Gasteiger partial charge in [-0.1, -0.05) is 6.07 Å². The van der Waals surface area contributed by atoms with Gasteiger partial charge in [0, 0.05) is 30.6 Å². The summed E-state index contributed by atoms with van der Waals surface area (Å²) in [7, 11) is 0. The number of amides is 1. The molecule has 1 amide bonds. The molecule has 154 valence electrons. The van der Waals surface area contributed by atoms with Crippen LogP contribution in [0.3, 0.4) is 0 Å². The van der Waals surface area contributed by atoms with Gasteiger partial charge in [-0.15, -0.1) is 0 Å². The Morgan fingerprint density at radius 3 is 2.77 bits per heavy atom. The van der Waals surface area contributed by atoms with Crippen molar-refractivity contribution in [1.29, 1.82) is 0 Å². The summed E-state index contributed by atoms with van der Waals surface area (Å²) in [6.45, 7) is 1.49. The second kappa shape index (κ2) is 7.28. The van der Waals surface area contributed by atoms with Gasteiger partial charge >= 0.3 is 0 Å². The van der Waals surface area contributed by atoms with Crippen LogP contribution in [0.2, 0.25) is 0 Å². The standard InChI is InChI=1S/C22H20F2N4O2/c23-14-2-5-17-20(8-14)28(26-10-21(17)29)11-13-1-6-19(24)18(7-13)22(30)27-12-15-3-4-16(27)9-25-15/h1-2,5-8,10,15-16,25H,3-4,9,11-12H2. The average Bonchev–Trinajstić information content (AvgIpc) is 2.77. The van der Waals surface area contributed by atoms with Gasteiger partial charge in [-0.25, -0.2) is 8.78 Å². The Morgan fingerprint density at radius 1 is 1.17 bits per heavy atom. The highest BCUT2D eigenvalue weighted by Gasteiger charge is 2.37. The monoisotopic (exact) mass is 410 g/mol. The first kappa shape index (κ1) is 18.9. The molecule has 0 aliphatic carbocycles. The molecule has 6 rings (SSSR count). The maximum absolute atomic E-state index is 14.5. The Labute approximate surface area is 171 Å². The first-order chi connectivity index (χ1) is 14.5. The number of nitrogens with one attached hydrogen (secondary N) is 1. The van der Waals surface area contributed by atoms with Gasteiger partial charge < -0.3 is 10.2 Å². The molecule has 30 heavy (non-hydrogen) atoms. The zero-order valence-electron chi connectivity index (χ0n) is 16.1. The Balaban J connectivity index is 1.48. The van der Waals surface area contributed by atoms with E-state index in [4.69, 9.17) is 0 Å². The summed E-state index contributed by atoms with van der Waals surface area (Å²) in [6.07, 6.45) is 3.12. The maximum atomic E-state index is 14.5. The summed E-state index contributed by atoms with van der Waals surface area (Å²) in [4.78, 5) is 26.8. The largest absolute Gasteiger partial charge is 0.333 e. The molecule has 2 atom stereocenters. The van der Waals surface area contributed by atoms with Gasteiger partial charge in [-0.2, -0.15) is 5.10 Å². The molecule has 3 fully saturated rings. The normalized spacial score (nSPS) is 20.7. The molecular formula is C22H20F2N4O2. The third-order valence-corrected chi connectivity index (χ3v) is 6.02. The first-order valence-corrected chi connectivity index (χ1v) is 9.98. The van der Waals surface area contributed by atoms with Crippen molar-refractivity contribution in [3.63, 3.8) is 0 Å². The van der Waals surface area contributed by atoms with E-state index in [0.29, 0.717) is 23.0 Å². The van der Waals surface area contributed by atoms with Gasteiger partial charge in [-0.3, -0.25) is 14.3 Å². The second-order valence-electron chi connectivity index (χ2n) is 7.94. The van der Waals surface area contributed by atoms with Gasteiger partial charge in [0.2, 0.25) is 5.43 Å². The van der Waals surface area contributed by atoms with E-state index in [1.165, 1.54) is 41.2 Å². The predicted octanol–water partition coefficient (Wildman–Crippen LogP) is 2.30. The molecule has 0 saturated carbocycles. The van der Waals surface area contributed by atoms with Crippen LogP contribution < -0.4 is 10.7 Å². The molecule has 3 saturated heterocycles. The molecule has 3 aliphatic rings. The summed E-state index contributed by atoms with van der Waals surface area (Å²) in [5, 5.41) is 7.83. The van der Waals surface area contributed by atoms with Crippen LogP contribution in [0.1, 0.15) is 28.8 Å². The van der Waals surface area contributed by atoms with Crippen molar-refractivity contribution in [3.05, 3.63) is 75.6 Å². The minimum Gasteiger partial charge on any atom is -0.333 e. The van der Waals surface area contributed by atoms with E-state index in [0.717, 1.165) is 19.4 Å². The number of rotatable bonds is 3. The van der Waals surface area contributed by atoms with Crippen LogP contribution in [-0.4, -0.2) is 45.8 Å². The molecule has 1 aromatic heterocycles. The highest BCUT2D eigenvalue weighted by Crippen LogP contribution is 2.25. The average molecular weight is 410 g/mol. The number of hydrogen-bond acceptors (Lipinski definition) is 4. The van der Waals surface area contributed by atoms with Crippen LogP contribution in [0.5, 0.6) is 0 Å². The molecule has 3 aliphatic heterocycles. The van der Waals surface area contributed by atoms with E-state index >= 15 is 0 Å². The molecule has 0 spiro atoms. The lowest BCUT2D eigenvalue weighted by Gasteiger charge is -2.46. The van der Waals surface area contributed by atoms with Crippen molar-refractivity contribution in [2.24, 2.45) is 0 Å². The lowest BCUT2D eigenvalue weighted by Crippen LogP contribution is -2.62. The summed E-state index contributed by atoms with van der Waals surface area (Å²) in [6, 6.07) is 8.60. The molecule has 6 nitrogen and oxygen atoms in total. The number of carbonyl (C=O) groups is 1. The van der Waals surface area contributed by atoms with E-state index in [1.54, 1.807) is 11.0 Å². The number of piperidine rings is 2. The molecular weight excluding hydrogens is 390 g/mol. The van der Waals surface area contributed by atoms with Crippen molar-refractivity contribution < 1.29 is 13.6 Å². The predicted molar refractivity (Wildman–Crippen MR) is 107 cm³/mol. The Morgan fingerprint density at radius 2 is 2.03 bits per heavy atom. The quantitative estimate of drug-likeness (QED) is 0.720. The highest BCUT2D eigenvalue weighted by molar-refractivity contribution is 5.95. The van der Waals surface area contributed by atoms with Crippen molar-refractivity contribution in [1.82, 2.24) is 20.0 Å². The van der Waals surface area contributed by atoms with Crippen LogP contribution in [0.15, 0.2) is 47.4 Å². The Kier molecular flexibility index (Phi) is 4.58. The number of benzene rings is 2. The Hall–Kier alpha value is -3.13. The third kappa shape index (κ3) is 3.27. The van der Waals surface area contributed by atoms with E-state index in [-0.39, 0.29) is 35.5 Å². The summed E-state index contributed by atoms with van der Waals surface area (Å²) in [5.74, 6) is -1.36. The van der Waals surface area contributed by atoms with Crippen LogP contribution in [0.25, 0.3) is 10.9 Å². The lowest BCUT2D eigenvalue weighted by molar-refractivity contribution is 0.0436. The zero-order chi connectivity index (χ0) is 20.8. The van der Waals surface area contributed by atoms with Crippen molar-refractivity contribution in [2.75, 3.05) is 13.1 Å². The van der Waals surface area contributed by atoms with Gasteiger partial charge in [0.15, 0.2) is 0 Å². The van der Waals surface area contributed by atoms with Crippen molar-refractivity contribution >= 4 is 16.8 Å². The molecule has 2 bridgehead atoms. The van der Waals surface area contributed by atoms with Crippen LogP contribution >= 0.6 is 0 Å². The fourth-order valence-corrected chi connectivity index (χ4v) is 4.43. The van der Waals surface area contributed by atoms with Crippen LogP contribution in [0, 0.1) is 11.6 Å². The molecule has 2 aromatic carbocycles. The molecule has 0 radical (unpaired) electrons.